The lowest BCUT2D eigenvalue weighted by Crippen LogP contribution is -2.37. The number of amides is 1. The number of carbonyl (C=O) groups is 1. The number of aromatic nitrogens is 2. The van der Waals surface area contributed by atoms with E-state index < -0.39 is 12.1 Å². The van der Waals surface area contributed by atoms with Crippen LogP contribution in [0.1, 0.15) is 31.4 Å². The largest absolute Gasteiger partial charge is 0.386 e. The second-order valence-corrected chi connectivity index (χ2v) is 5.26. The molecule has 2 atom stereocenters. The van der Waals surface area contributed by atoms with Gasteiger partial charge in [0.1, 0.15) is 5.82 Å². The van der Waals surface area contributed by atoms with Crippen molar-refractivity contribution in [3.63, 3.8) is 0 Å². The maximum absolute atomic E-state index is 12.9. The van der Waals surface area contributed by atoms with E-state index in [1.54, 1.807) is 19.4 Å². The molecule has 0 bridgehead atoms. The first-order valence-electron chi connectivity index (χ1n) is 7.25. The molecule has 6 heteroatoms. The van der Waals surface area contributed by atoms with Crippen molar-refractivity contribution in [2.24, 2.45) is 0 Å². The predicted molar refractivity (Wildman–Crippen MR) is 80.4 cm³/mol. The number of imidazole rings is 1. The lowest BCUT2D eigenvalue weighted by Gasteiger charge is -2.20. The number of aryl methyl sites for hydroxylation is 1. The first-order chi connectivity index (χ1) is 10.6. The van der Waals surface area contributed by atoms with E-state index in [2.05, 4.69) is 10.3 Å². The lowest BCUT2D eigenvalue weighted by atomic mass is 10.0. The molecule has 0 saturated carbocycles. The summed E-state index contributed by atoms with van der Waals surface area (Å²) in [6, 6.07) is 5.17. The molecule has 2 rings (SSSR count). The fourth-order valence-electron chi connectivity index (χ4n) is 2.19. The predicted octanol–water partition coefficient (Wildman–Crippen LogP) is 2.04. The average Bonchev–Trinajstić information content (AvgIpc) is 3.00. The van der Waals surface area contributed by atoms with Gasteiger partial charge in [-0.3, -0.25) is 4.79 Å². The number of aliphatic hydroxyl groups is 1. The third kappa shape index (κ3) is 4.66. The summed E-state index contributed by atoms with van der Waals surface area (Å²) in [6.07, 6.45) is 5.46. The summed E-state index contributed by atoms with van der Waals surface area (Å²) < 4.78 is 14.8. The van der Waals surface area contributed by atoms with E-state index in [0.717, 1.165) is 6.54 Å². The van der Waals surface area contributed by atoms with Crippen LogP contribution in [0.15, 0.2) is 43.0 Å². The molecule has 22 heavy (non-hydrogen) atoms. The van der Waals surface area contributed by atoms with Crippen molar-refractivity contribution in [2.75, 3.05) is 0 Å². The molecule has 2 unspecified atom stereocenters. The van der Waals surface area contributed by atoms with E-state index in [9.17, 15) is 14.3 Å². The smallest absolute Gasteiger partial charge is 0.220 e. The molecule has 0 fully saturated rings. The first-order valence-corrected chi connectivity index (χ1v) is 7.25. The number of rotatable bonds is 7. The van der Waals surface area contributed by atoms with Crippen molar-refractivity contribution in [2.45, 2.75) is 38.5 Å². The summed E-state index contributed by atoms with van der Waals surface area (Å²) in [4.78, 5) is 15.8. The fourth-order valence-corrected chi connectivity index (χ4v) is 2.19. The SMILES string of the molecule is CC(NC(=O)CCCn1ccnc1)C(O)c1ccc(F)cc1. The number of hydrogen-bond acceptors (Lipinski definition) is 3. The molecule has 1 aromatic heterocycles. The Bertz CT molecular complexity index is 584. The molecule has 1 amide bonds. The Labute approximate surface area is 128 Å². The number of hydrogen-bond donors (Lipinski definition) is 2. The lowest BCUT2D eigenvalue weighted by molar-refractivity contribution is -0.122. The maximum atomic E-state index is 12.9. The van der Waals surface area contributed by atoms with E-state index in [-0.39, 0.29) is 11.7 Å². The molecule has 0 radical (unpaired) electrons. The highest BCUT2D eigenvalue weighted by atomic mass is 19.1. The molecule has 2 N–H and O–H groups in total. The zero-order chi connectivity index (χ0) is 15.9. The number of aliphatic hydroxyl groups excluding tert-OH is 1. The summed E-state index contributed by atoms with van der Waals surface area (Å²) >= 11 is 0. The molecule has 2 aromatic rings. The highest BCUT2D eigenvalue weighted by Gasteiger charge is 2.18. The second-order valence-electron chi connectivity index (χ2n) is 5.26. The molecule has 0 saturated heterocycles. The number of carbonyl (C=O) groups excluding carboxylic acids is 1. The maximum Gasteiger partial charge on any atom is 0.220 e. The Kier molecular flexibility index (Phi) is 5.66. The van der Waals surface area contributed by atoms with Crippen molar-refractivity contribution in [1.82, 2.24) is 14.9 Å². The molecule has 0 aliphatic heterocycles. The van der Waals surface area contributed by atoms with Crippen molar-refractivity contribution < 1.29 is 14.3 Å². The van der Waals surface area contributed by atoms with Crippen LogP contribution in [-0.2, 0) is 11.3 Å². The highest BCUT2D eigenvalue weighted by Crippen LogP contribution is 2.17. The number of halogens is 1. The topological polar surface area (TPSA) is 67.2 Å². The van der Waals surface area contributed by atoms with Gasteiger partial charge in [0.2, 0.25) is 5.91 Å². The van der Waals surface area contributed by atoms with E-state index >= 15 is 0 Å². The van der Waals surface area contributed by atoms with Gasteiger partial charge < -0.3 is 15.0 Å². The van der Waals surface area contributed by atoms with Gasteiger partial charge in [-0.1, -0.05) is 12.1 Å². The van der Waals surface area contributed by atoms with Gasteiger partial charge in [0.25, 0.3) is 0 Å². The second kappa shape index (κ2) is 7.70. The van der Waals surface area contributed by atoms with Gasteiger partial charge in [0.15, 0.2) is 0 Å². The minimum absolute atomic E-state index is 0.117. The third-order valence-electron chi connectivity index (χ3n) is 3.45. The summed E-state index contributed by atoms with van der Waals surface area (Å²) in [5, 5.41) is 12.9. The molecule has 0 aliphatic rings. The fraction of sp³-hybridized carbons (Fsp3) is 0.375. The van der Waals surface area contributed by atoms with Gasteiger partial charge in [-0.25, -0.2) is 9.37 Å². The van der Waals surface area contributed by atoms with Crippen molar-refractivity contribution in [1.29, 1.82) is 0 Å². The summed E-state index contributed by atoms with van der Waals surface area (Å²) in [5.41, 5.74) is 0.576. The van der Waals surface area contributed by atoms with Crippen molar-refractivity contribution in [3.8, 4) is 0 Å². The summed E-state index contributed by atoms with van der Waals surface area (Å²) in [7, 11) is 0. The number of benzene rings is 1. The van der Waals surface area contributed by atoms with Gasteiger partial charge in [-0.05, 0) is 31.0 Å². The number of nitrogens with one attached hydrogen (secondary N) is 1. The van der Waals surface area contributed by atoms with Crippen LogP contribution in [0.4, 0.5) is 4.39 Å². The van der Waals surface area contributed by atoms with Crippen LogP contribution >= 0.6 is 0 Å². The Morgan fingerprint density at radius 3 is 2.77 bits per heavy atom. The summed E-state index contributed by atoms with van der Waals surface area (Å²) in [5.74, 6) is -0.471. The zero-order valence-corrected chi connectivity index (χ0v) is 12.4. The van der Waals surface area contributed by atoms with Crippen LogP contribution in [0.3, 0.4) is 0 Å². The molecule has 0 spiro atoms. The van der Waals surface area contributed by atoms with Crippen LogP contribution in [0, 0.1) is 5.82 Å². The van der Waals surface area contributed by atoms with Crippen LogP contribution in [0.25, 0.3) is 0 Å². The Balaban J connectivity index is 1.76. The van der Waals surface area contributed by atoms with Crippen molar-refractivity contribution in [3.05, 3.63) is 54.4 Å². The van der Waals surface area contributed by atoms with Gasteiger partial charge in [0, 0.05) is 25.4 Å². The van der Waals surface area contributed by atoms with E-state index in [1.807, 2.05) is 10.8 Å². The molecular weight excluding hydrogens is 285 g/mol. The van der Waals surface area contributed by atoms with E-state index in [1.165, 1.54) is 24.3 Å². The molecular formula is C16H20FN3O2. The van der Waals surface area contributed by atoms with Crippen molar-refractivity contribution >= 4 is 5.91 Å². The molecule has 0 aliphatic carbocycles. The minimum atomic E-state index is -0.863. The van der Waals surface area contributed by atoms with Crippen LogP contribution in [0.2, 0.25) is 0 Å². The zero-order valence-electron chi connectivity index (χ0n) is 12.4. The molecule has 5 nitrogen and oxygen atoms in total. The number of nitrogens with zero attached hydrogens (tertiary/aromatic N) is 2. The minimum Gasteiger partial charge on any atom is -0.386 e. The van der Waals surface area contributed by atoms with Gasteiger partial charge in [0.05, 0.1) is 18.5 Å². The third-order valence-corrected chi connectivity index (χ3v) is 3.45. The molecule has 1 aromatic carbocycles. The van der Waals surface area contributed by atoms with Gasteiger partial charge >= 0.3 is 0 Å². The monoisotopic (exact) mass is 305 g/mol. The van der Waals surface area contributed by atoms with Crippen LogP contribution in [-0.4, -0.2) is 26.6 Å². The Morgan fingerprint density at radius 1 is 1.41 bits per heavy atom. The van der Waals surface area contributed by atoms with Gasteiger partial charge in [-0.2, -0.15) is 0 Å². The molecule has 1 heterocycles. The van der Waals surface area contributed by atoms with Gasteiger partial charge in [-0.15, -0.1) is 0 Å². The van der Waals surface area contributed by atoms with E-state index in [4.69, 9.17) is 0 Å². The standard InChI is InChI=1S/C16H20FN3O2/c1-12(16(22)13-4-6-14(17)7-5-13)19-15(21)3-2-9-20-10-8-18-11-20/h4-8,10-12,16,22H,2-3,9H2,1H3,(H,19,21). The van der Waals surface area contributed by atoms with Crippen LogP contribution < -0.4 is 5.32 Å². The van der Waals surface area contributed by atoms with Crippen LogP contribution in [0.5, 0.6) is 0 Å². The quantitative estimate of drug-likeness (QED) is 0.822. The first kappa shape index (κ1) is 16.2. The highest BCUT2D eigenvalue weighted by molar-refractivity contribution is 5.76. The average molecular weight is 305 g/mol. The Morgan fingerprint density at radius 2 is 2.14 bits per heavy atom. The summed E-state index contributed by atoms with van der Waals surface area (Å²) in [6.45, 7) is 2.45. The molecule has 118 valence electrons. The normalized spacial score (nSPS) is 13.6. The van der Waals surface area contributed by atoms with E-state index in [0.29, 0.717) is 18.4 Å². The Hall–Kier alpha value is -2.21.